The van der Waals surface area contributed by atoms with E-state index in [0.29, 0.717) is 19.3 Å². The van der Waals surface area contributed by atoms with E-state index in [2.05, 4.69) is 130 Å². The molecule has 1 saturated heterocycles. The van der Waals surface area contributed by atoms with E-state index < -0.39 is 67.3 Å². The summed E-state index contributed by atoms with van der Waals surface area (Å²) in [5, 5.41) is 31.4. The van der Waals surface area contributed by atoms with Crippen LogP contribution in [0.15, 0.2) is 134 Å². The van der Waals surface area contributed by atoms with Crippen molar-refractivity contribution in [3.8, 4) is 0 Å². The SMILES string of the molecule is CC/C=C\C/C=C\C/C=C\C/C=C\C/C=C\CC(=O)OC(COC(=O)CCCCCCCC/C=C\C/C=C\C/C=C\C/C=C\CC)COC1OC(C(=O)O)C(O)C(O)C1OC(=O)CCCCCCC/C=C\C/C=C\CCC. The van der Waals surface area contributed by atoms with Gasteiger partial charge in [-0.05, 0) is 109 Å². The molecule has 1 aliphatic heterocycles. The van der Waals surface area contributed by atoms with E-state index in [0.717, 1.165) is 141 Å². The molecule has 6 atom stereocenters. The summed E-state index contributed by atoms with van der Waals surface area (Å²) in [7, 11) is 0. The number of aliphatic hydroxyl groups is 2. The van der Waals surface area contributed by atoms with Gasteiger partial charge in [0.15, 0.2) is 24.6 Å². The molecule has 1 aliphatic rings. The summed E-state index contributed by atoms with van der Waals surface area (Å²) >= 11 is 0. The summed E-state index contributed by atoms with van der Waals surface area (Å²) in [5.74, 6) is -3.35. The number of carboxylic acid groups (broad SMARTS) is 1. The minimum absolute atomic E-state index is 0.0249. The second kappa shape index (κ2) is 51.6. The predicted octanol–water partition coefficient (Wildman–Crippen LogP) is 15.0. The van der Waals surface area contributed by atoms with Gasteiger partial charge in [0.2, 0.25) is 0 Å². The van der Waals surface area contributed by atoms with Gasteiger partial charge in [-0.15, -0.1) is 0 Å². The fourth-order valence-electron chi connectivity index (χ4n) is 7.82. The maximum atomic E-state index is 13.1. The van der Waals surface area contributed by atoms with Gasteiger partial charge in [-0.3, -0.25) is 14.4 Å². The predicted molar refractivity (Wildman–Crippen MR) is 312 cm³/mol. The molecule has 0 spiro atoms. The quantitative estimate of drug-likeness (QED) is 0.0228. The molecule has 12 heteroatoms. The molecule has 0 bridgehead atoms. The number of allylic oxidation sites excluding steroid dienone is 21. The Bertz CT molecular complexity index is 1850. The van der Waals surface area contributed by atoms with Crippen LogP contribution in [0.25, 0.3) is 0 Å². The third-order valence-corrected chi connectivity index (χ3v) is 12.2. The number of rotatable bonds is 47. The lowest BCUT2D eigenvalue weighted by atomic mass is 9.98. The molecule has 432 valence electrons. The number of aliphatic carboxylic acids is 1. The molecule has 3 N–H and O–H groups in total. The van der Waals surface area contributed by atoms with Crippen LogP contribution in [0.1, 0.15) is 201 Å². The summed E-state index contributed by atoms with van der Waals surface area (Å²) in [5.41, 5.74) is 0. The van der Waals surface area contributed by atoms with E-state index >= 15 is 0 Å². The van der Waals surface area contributed by atoms with Gasteiger partial charge in [-0.2, -0.15) is 0 Å². The second-order valence-electron chi connectivity index (χ2n) is 19.2. The molecule has 1 rings (SSSR count). The van der Waals surface area contributed by atoms with Crippen molar-refractivity contribution in [2.45, 2.75) is 237 Å². The van der Waals surface area contributed by atoms with Crippen molar-refractivity contribution < 1.29 is 58.2 Å². The highest BCUT2D eigenvalue weighted by Gasteiger charge is 2.50. The van der Waals surface area contributed by atoms with Crippen molar-refractivity contribution in [3.05, 3.63) is 134 Å². The Kier molecular flexibility index (Phi) is 46.8. The molecule has 1 fully saturated rings. The molecule has 0 amide bonds. The molecule has 6 unspecified atom stereocenters. The standard InChI is InChI=1S/C65H100O12/c1-4-7-10-13-16-19-22-25-27-28-29-30-32-34-36-39-42-45-48-51-57(66)73-54-56(75-58(67)52-49-46-43-40-38-35-31-26-23-20-17-14-11-8-5-2)55-74-65-63(61(70)60(69)62(77-65)64(71)72)76-59(68)53-50-47-44-41-37-33-24-21-18-15-12-9-6-3/h7-8,10-12,15-17,19-21,24-27,29-31,38,40,46,49,56,60-63,65,69-70H,4-6,9,13-14,18,22-23,28,32-37,39,41-45,47-48,50-55H2,1-3H3,(H,71,72)/b10-7-,11-8-,15-12-,19-16-,20-17-,24-21-,27-25-,30-29-,31-26-,40-38-,49-46-. The molecule has 0 aromatic heterocycles. The Morgan fingerprint density at radius 2 is 0.857 bits per heavy atom. The Morgan fingerprint density at radius 1 is 0.455 bits per heavy atom. The van der Waals surface area contributed by atoms with Gasteiger partial charge in [-0.1, -0.05) is 206 Å². The normalized spacial score (nSPS) is 19.0. The van der Waals surface area contributed by atoms with Gasteiger partial charge >= 0.3 is 23.9 Å². The first-order chi connectivity index (χ1) is 37.6. The van der Waals surface area contributed by atoms with E-state index in [1.165, 1.54) is 0 Å². The highest BCUT2D eigenvalue weighted by molar-refractivity contribution is 5.74. The summed E-state index contributed by atoms with van der Waals surface area (Å²) in [6.07, 6.45) is 60.2. The number of hydrogen-bond acceptors (Lipinski definition) is 11. The Labute approximate surface area is 464 Å². The van der Waals surface area contributed by atoms with Crippen molar-refractivity contribution in [1.29, 1.82) is 0 Å². The third-order valence-electron chi connectivity index (χ3n) is 12.2. The number of aliphatic hydroxyl groups excluding tert-OH is 2. The smallest absolute Gasteiger partial charge is 0.335 e. The van der Waals surface area contributed by atoms with E-state index in [1.807, 2.05) is 18.2 Å². The molecule has 0 radical (unpaired) electrons. The number of unbranched alkanes of at least 4 members (excludes halogenated alkanes) is 12. The fraction of sp³-hybridized carbons (Fsp3) is 0.600. The molecule has 77 heavy (non-hydrogen) atoms. The summed E-state index contributed by atoms with van der Waals surface area (Å²) in [6, 6.07) is 0. The minimum atomic E-state index is -1.93. The maximum absolute atomic E-state index is 13.1. The molecule has 0 saturated carbocycles. The zero-order valence-electron chi connectivity index (χ0n) is 47.4. The zero-order chi connectivity index (χ0) is 56.1. The van der Waals surface area contributed by atoms with Crippen LogP contribution in [-0.4, -0.2) is 89.2 Å². The van der Waals surface area contributed by atoms with Crippen LogP contribution in [0.5, 0.6) is 0 Å². The van der Waals surface area contributed by atoms with Crippen molar-refractivity contribution in [2.24, 2.45) is 0 Å². The maximum Gasteiger partial charge on any atom is 0.335 e. The minimum Gasteiger partial charge on any atom is -0.479 e. The van der Waals surface area contributed by atoms with Gasteiger partial charge in [0.05, 0.1) is 13.0 Å². The largest absolute Gasteiger partial charge is 0.479 e. The van der Waals surface area contributed by atoms with E-state index in [4.69, 9.17) is 23.7 Å². The van der Waals surface area contributed by atoms with Crippen LogP contribution in [0.4, 0.5) is 0 Å². The molecular formula is C65H100O12. The van der Waals surface area contributed by atoms with Crippen molar-refractivity contribution in [3.63, 3.8) is 0 Å². The number of hydrogen-bond donors (Lipinski definition) is 3. The summed E-state index contributed by atoms with van der Waals surface area (Å²) in [4.78, 5) is 51.0. The van der Waals surface area contributed by atoms with Crippen LogP contribution in [-0.2, 0) is 42.9 Å². The van der Waals surface area contributed by atoms with Gasteiger partial charge < -0.3 is 39.0 Å². The monoisotopic (exact) mass is 1070 g/mol. The van der Waals surface area contributed by atoms with Crippen LogP contribution in [0, 0.1) is 0 Å². The van der Waals surface area contributed by atoms with Gasteiger partial charge in [0.1, 0.15) is 18.8 Å². The van der Waals surface area contributed by atoms with E-state index in [1.54, 1.807) is 6.08 Å². The Hall–Kier alpha value is -5.14. The van der Waals surface area contributed by atoms with Gasteiger partial charge in [0, 0.05) is 12.8 Å². The van der Waals surface area contributed by atoms with Crippen molar-refractivity contribution >= 4 is 23.9 Å². The number of esters is 3. The summed E-state index contributed by atoms with van der Waals surface area (Å²) < 4.78 is 28.2. The van der Waals surface area contributed by atoms with Crippen LogP contribution < -0.4 is 0 Å². The number of carbonyl (C=O) groups is 4. The molecule has 0 aliphatic carbocycles. The highest BCUT2D eigenvalue weighted by Crippen LogP contribution is 2.26. The number of carbonyl (C=O) groups excluding carboxylic acids is 3. The zero-order valence-corrected chi connectivity index (χ0v) is 47.4. The second-order valence-corrected chi connectivity index (χ2v) is 19.2. The Balaban J connectivity index is 2.76. The van der Waals surface area contributed by atoms with Gasteiger partial charge in [0.25, 0.3) is 0 Å². The molecule has 0 aromatic rings. The topological polar surface area (TPSA) is 175 Å². The fourth-order valence-corrected chi connectivity index (χ4v) is 7.82. The molecular weight excluding hydrogens is 973 g/mol. The number of ether oxygens (including phenoxy) is 5. The first-order valence-corrected chi connectivity index (χ1v) is 29.2. The Morgan fingerprint density at radius 3 is 1.31 bits per heavy atom. The third kappa shape index (κ3) is 41.6. The average molecular weight is 1070 g/mol. The lowest BCUT2D eigenvalue weighted by Crippen LogP contribution is -2.61. The van der Waals surface area contributed by atoms with Crippen LogP contribution in [0.2, 0.25) is 0 Å². The highest BCUT2D eigenvalue weighted by atomic mass is 16.7. The van der Waals surface area contributed by atoms with Crippen LogP contribution >= 0.6 is 0 Å². The van der Waals surface area contributed by atoms with Crippen molar-refractivity contribution in [1.82, 2.24) is 0 Å². The average Bonchev–Trinajstić information content (AvgIpc) is 3.41. The van der Waals surface area contributed by atoms with E-state index in [9.17, 15) is 34.5 Å². The lowest BCUT2D eigenvalue weighted by molar-refractivity contribution is -0.301. The molecule has 12 nitrogen and oxygen atoms in total. The van der Waals surface area contributed by atoms with Gasteiger partial charge in [-0.25, -0.2) is 4.79 Å². The summed E-state index contributed by atoms with van der Waals surface area (Å²) in [6.45, 7) is 5.57. The van der Waals surface area contributed by atoms with Crippen molar-refractivity contribution in [2.75, 3.05) is 13.2 Å². The van der Waals surface area contributed by atoms with E-state index in [-0.39, 0.29) is 25.9 Å². The molecule has 1 heterocycles. The van der Waals surface area contributed by atoms with Crippen LogP contribution in [0.3, 0.4) is 0 Å². The number of carboxylic acids is 1. The first-order valence-electron chi connectivity index (χ1n) is 29.2. The first kappa shape index (κ1) is 69.9. The molecule has 0 aromatic carbocycles. The lowest BCUT2D eigenvalue weighted by Gasteiger charge is -2.40.